The van der Waals surface area contributed by atoms with Crippen LogP contribution >= 0.6 is 0 Å². The number of benzene rings is 1. The summed E-state index contributed by atoms with van der Waals surface area (Å²) in [5.74, 6) is 0.528. The molecule has 0 spiro atoms. The predicted molar refractivity (Wildman–Crippen MR) is 73.2 cm³/mol. The Hall–Kier alpha value is -2.44. The summed E-state index contributed by atoms with van der Waals surface area (Å²) in [5.41, 5.74) is 0.511. The smallest absolute Gasteiger partial charge is 0.328 e. The van der Waals surface area contributed by atoms with Gasteiger partial charge in [0.15, 0.2) is 11.5 Å². The van der Waals surface area contributed by atoms with Crippen molar-refractivity contribution in [2.45, 2.75) is 13.0 Å². The van der Waals surface area contributed by atoms with Crippen LogP contribution in [0.15, 0.2) is 18.2 Å². The number of rotatable bonds is 5. The van der Waals surface area contributed by atoms with Crippen LogP contribution in [0.25, 0.3) is 0 Å². The zero-order valence-corrected chi connectivity index (χ0v) is 11.9. The van der Waals surface area contributed by atoms with Gasteiger partial charge in [0.2, 0.25) is 0 Å². The Balaban J connectivity index is 2.69. The fourth-order valence-electron chi connectivity index (χ4n) is 1.51. The molecule has 0 bridgehead atoms. The van der Waals surface area contributed by atoms with E-state index in [1.54, 1.807) is 18.2 Å². The van der Waals surface area contributed by atoms with E-state index in [2.05, 4.69) is 15.4 Å². The van der Waals surface area contributed by atoms with Gasteiger partial charge in [0.05, 0.1) is 21.3 Å². The van der Waals surface area contributed by atoms with E-state index >= 15 is 0 Å². The molecular weight excluding hydrogens is 264 g/mol. The molecule has 0 aliphatic heterocycles. The second kappa shape index (κ2) is 7.22. The van der Waals surface area contributed by atoms with Crippen molar-refractivity contribution in [3.05, 3.63) is 18.2 Å². The Morgan fingerprint density at radius 1 is 1.10 bits per heavy atom. The molecule has 1 aromatic rings. The number of urea groups is 1. The van der Waals surface area contributed by atoms with Crippen LogP contribution in [0, 0.1) is 0 Å². The predicted octanol–water partition coefficient (Wildman–Crippen LogP) is 1.39. The van der Waals surface area contributed by atoms with E-state index in [0.717, 1.165) is 0 Å². The number of ether oxygens (including phenoxy) is 3. The van der Waals surface area contributed by atoms with Gasteiger partial charge in [-0.05, 0) is 19.1 Å². The number of carbonyl (C=O) groups is 2. The van der Waals surface area contributed by atoms with Crippen molar-refractivity contribution in [1.82, 2.24) is 5.32 Å². The molecule has 110 valence electrons. The van der Waals surface area contributed by atoms with Crippen molar-refractivity contribution in [1.29, 1.82) is 0 Å². The van der Waals surface area contributed by atoms with Crippen LogP contribution in [0.2, 0.25) is 0 Å². The first-order valence-electron chi connectivity index (χ1n) is 5.89. The number of methoxy groups -OCH3 is 3. The van der Waals surface area contributed by atoms with Gasteiger partial charge < -0.3 is 24.8 Å². The first-order valence-corrected chi connectivity index (χ1v) is 5.89. The molecule has 0 radical (unpaired) electrons. The highest BCUT2D eigenvalue weighted by atomic mass is 16.5. The minimum absolute atomic E-state index is 0.492. The summed E-state index contributed by atoms with van der Waals surface area (Å²) in [4.78, 5) is 22.9. The maximum absolute atomic E-state index is 11.7. The number of hydrogen-bond acceptors (Lipinski definition) is 5. The third-order valence-electron chi connectivity index (χ3n) is 2.54. The summed E-state index contributed by atoms with van der Waals surface area (Å²) >= 11 is 0. The molecule has 2 amide bonds. The molecule has 1 atom stereocenters. The van der Waals surface area contributed by atoms with Gasteiger partial charge in [-0.3, -0.25) is 0 Å². The van der Waals surface area contributed by atoms with Crippen molar-refractivity contribution in [3.63, 3.8) is 0 Å². The first-order chi connectivity index (χ1) is 9.51. The SMILES string of the molecule is COC(=O)[C@@H](C)NC(=O)Nc1ccc(OC)c(OC)c1. The van der Waals surface area contributed by atoms with Crippen molar-refractivity contribution in [3.8, 4) is 11.5 Å². The number of esters is 1. The fourth-order valence-corrected chi connectivity index (χ4v) is 1.51. The molecule has 0 aliphatic carbocycles. The summed E-state index contributed by atoms with van der Waals surface area (Å²) in [7, 11) is 4.28. The number of hydrogen-bond donors (Lipinski definition) is 2. The number of anilines is 1. The normalized spacial score (nSPS) is 11.2. The molecule has 0 fully saturated rings. The summed E-state index contributed by atoms with van der Waals surface area (Å²) in [6, 6.07) is 3.68. The quantitative estimate of drug-likeness (QED) is 0.797. The Kier molecular flexibility index (Phi) is 5.64. The van der Waals surface area contributed by atoms with Crippen LogP contribution in [0.1, 0.15) is 6.92 Å². The summed E-state index contributed by atoms with van der Waals surface area (Å²) in [5, 5.41) is 5.03. The zero-order valence-electron chi connectivity index (χ0n) is 11.9. The molecule has 2 N–H and O–H groups in total. The molecule has 0 aliphatic rings. The second-order valence-electron chi connectivity index (χ2n) is 3.91. The van der Waals surface area contributed by atoms with Crippen molar-refractivity contribution in [2.24, 2.45) is 0 Å². The lowest BCUT2D eigenvalue weighted by molar-refractivity contribution is -0.142. The van der Waals surface area contributed by atoms with Gasteiger partial charge in [0.25, 0.3) is 0 Å². The van der Waals surface area contributed by atoms with Gasteiger partial charge in [-0.15, -0.1) is 0 Å². The molecular formula is C13H18N2O5. The minimum Gasteiger partial charge on any atom is -0.493 e. The monoisotopic (exact) mass is 282 g/mol. The summed E-state index contributed by atoms with van der Waals surface area (Å²) in [6.07, 6.45) is 0. The maximum Gasteiger partial charge on any atom is 0.328 e. The fraction of sp³-hybridized carbons (Fsp3) is 0.385. The highest BCUT2D eigenvalue weighted by Crippen LogP contribution is 2.29. The van der Waals surface area contributed by atoms with Gasteiger partial charge in [0, 0.05) is 11.8 Å². The second-order valence-corrected chi connectivity index (χ2v) is 3.91. The lowest BCUT2D eigenvalue weighted by Gasteiger charge is -2.14. The lowest BCUT2D eigenvalue weighted by Crippen LogP contribution is -2.41. The van der Waals surface area contributed by atoms with Crippen LogP contribution in [0.3, 0.4) is 0 Å². The molecule has 7 heteroatoms. The Morgan fingerprint density at radius 3 is 2.30 bits per heavy atom. The average molecular weight is 282 g/mol. The molecule has 0 heterocycles. The van der Waals surface area contributed by atoms with Gasteiger partial charge in [-0.1, -0.05) is 0 Å². The average Bonchev–Trinajstić information content (AvgIpc) is 2.45. The highest BCUT2D eigenvalue weighted by Gasteiger charge is 2.16. The first kappa shape index (κ1) is 15.6. The van der Waals surface area contributed by atoms with Crippen LogP contribution in [-0.2, 0) is 9.53 Å². The van der Waals surface area contributed by atoms with E-state index in [0.29, 0.717) is 17.2 Å². The van der Waals surface area contributed by atoms with Crippen LogP contribution < -0.4 is 20.1 Å². The van der Waals surface area contributed by atoms with E-state index < -0.39 is 18.0 Å². The standard InChI is InChI=1S/C13H18N2O5/c1-8(12(16)20-4)14-13(17)15-9-5-6-10(18-2)11(7-9)19-3/h5-8H,1-4H3,(H2,14,15,17)/t8-/m1/s1. The molecule has 0 saturated carbocycles. The molecule has 1 aromatic carbocycles. The van der Waals surface area contributed by atoms with Gasteiger partial charge in [-0.25, -0.2) is 9.59 Å². The van der Waals surface area contributed by atoms with E-state index in [9.17, 15) is 9.59 Å². The maximum atomic E-state index is 11.7. The Morgan fingerprint density at radius 2 is 1.75 bits per heavy atom. The van der Waals surface area contributed by atoms with Crippen LogP contribution in [0.4, 0.5) is 10.5 Å². The Bertz CT molecular complexity index is 490. The molecule has 7 nitrogen and oxygen atoms in total. The van der Waals surface area contributed by atoms with E-state index in [-0.39, 0.29) is 0 Å². The molecule has 0 aromatic heterocycles. The van der Waals surface area contributed by atoms with Gasteiger partial charge >= 0.3 is 12.0 Å². The van der Waals surface area contributed by atoms with Crippen molar-refractivity contribution < 1.29 is 23.8 Å². The summed E-state index contributed by atoms with van der Waals surface area (Å²) in [6.45, 7) is 1.53. The van der Waals surface area contributed by atoms with Crippen molar-refractivity contribution in [2.75, 3.05) is 26.6 Å². The van der Waals surface area contributed by atoms with E-state index in [1.807, 2.05) is 0 Å². The number of amides is 2. The molecule has 0 unspecified atom stereocenters. The third-order valence-corrected chi connectivity index (χ3v) is 2.54. The molecule has 1 rings (SSSR count). The topological polar surface area (TPSA) is 85.9 Å². The molecule has 0 saturated heterocycles. The van der Waals surface area contributed by atoms with Gasteiger partial charge in [0.1, 0.15) is 6.04 Å². The number of carbonyl (C=O) groups excluding carboxylic acids is 2. The third kappa shape index (κ3) is 4.04. The zero-order chi connectivity index (χ0) is 15.1. The number of nitrogens with one attached hydrogen (secondary N) is 2. The lowest BCUT2D eigenvalue weighted by atomic mass is 10.2. The van der Waals surface area contributed by atoms with Crippen LogP contribution in [0.5, 0.6) is 11.5 Å². The van der Waals surface area contributed by atoms with Gasteiger partial charge in [-0.2, -0.15) is 0 Å². The van der Waals surface area contributed by atoms with E-state index in [4.69, 9.17) is 9.47 Å². The highest BCUT2D eigenvalue weighted by molar-refractivity contribution is 5.92. The van der Waals surface area contributed by atoms with Crippen molar-refractivity contribution >= 4 is 17.7 Å². The largest absolute Gasteiger partial charge is 0.493 e. The summed E-state index contributed by atoms with van der Waals surface area (Å²) < 4.78 is 14.7. The molecule has 20 heavy (non-hydrogen) atoms. The van der Waals surface area contributed by atoms with Crippen LogP contribution in [-0.4, -0.2) is 39.4 Å². The Labute approximate surface area is 117 Å². The van der Waals surface area contributed by atoms with E-state index in [1.165, 1.54) is 28.3 Å². The minimum atomic E-state index is -0.736.